The minimum atomic E-state index is -3.38. The first-order valence-corrected chi connectivity index (χ1v) is 10.6. The molecule has 1 spiro atoms. The molecule has 0 aromatic heterocycles. The Labute approximate surface area is 151 Å². The monoisotopic (exact) mass is 366 g/mol. The molecular formula is C19H30N2O3S. The average Bonchev–Trinajstić information content (AvgIpc) is 2.59. The number of likely N-dealkylation sites (N-methyl/N-ethyl adjacent to an activating group) is 1. The summed E-state index contributed by atoms with van der Waals surface area (Å²) >= 11 is 0. The lowest BCUT2D eigenvalue weighted by Gasteiger charge is -2.48. The Morgan fingerprint density at radius 3 is 2.08 bits per heavy atom. The van der Waals surface area contributed by atoms with E-state index >= 15 is 0 Å². The van der Waals surface area contributed by atoms with Gasteiger partial charge in [0.25, 0.3) is 0 Å². The van der Waals surface area contributed by atoms with E-state index in [0.717, 1.165) is 38.5 Å². The molecule has 1 aliphatic heterocycles. The summed E-state index contributed by atoms with van der Waals surface area (Å²) in [6.45, 7) is 1.88. The fraction of sp³-hybridized carbons (Fsp3) is 0.684. The van der Waals surface area contributed by atoms with Crippen LogP contribution in [0.1, 0.15) is 38.5 Å². The van der Waals surface area contributed by atoms with Crippen molar-refractivity contribution >= 4 is 10.0 Å². The predicted molar refractivity (Wildman–Crippen MR) is 98.8 cm³/mol. The Hall–Kier alpha value is -0.950. The SMILES string of the molecule is CN(C)CC1(O)CCC2(CCN(S(=O)(=O)c3ccccc3)CC2)CC1. The molecule has 0 unspecified atom stereocenters. The summed E-state index contributed by atoms with van der Waals surface area (Å²) in [4.78, 5) is 2.43. The van der Waals surface area contributed by atoms with Gasteiger partial charge in [-0.3, -0.25) is 0 Å². The van der Waals surface area contributed by atoms with Gasteiger partial charge in [0, 0.05) is 19.6 Å². The third kappa shape index (κ3) is 4.08. The van der Waals surface area contributed by atoms with Crippen LogP contribution in [0.15, 0.2) is 35.2 Å². The molecule has 1 aliphatic carbocycles. The van der Waals surface area contributed by atoms with Gasteiger partial charge in [-0.2, -0.15) is 4.31 Å². The zero-order valence-corrected chi connectivity index (χ0v) is 16.1. The van der Waals surface area contributed by atoms with Crippen LogP contribution in [0.4, 0.5) is 0 Å². The number of piperidine rings is 1. The van der Waals surface area contributed by atoms with E-state index in [9.17, 15) is 13.5 Å². The number of aliphatic hydroxyl groups is 1. The zero-order valence-electron chi connectivity index (χ0n) is 15.3. The van der Waals surface area contributed by atoms with Crippen molar-refractivity contribution in [2.45, 2.75) is 49.0 Å². The summed E-state index contributed by atoms with van der Waals surface area (Å²) in [6, 6.07) is 8.71. The van der Waals surface area contributed by atoms with Gasteiger partial charge in [0.05, 0.1) is 10.5 Å². The smallest absolute Gasteiger partial charge is 0.243 e. The van der Waals surface area contributed by atoms with E-state index in [1.54, 1.807) is 28.6 Å². The van der Waals surface area contributed by atoms with Crippen LogP contribution in [0, 0.1) is 5.41 Å². The van der Waals surface area contributed by atoms with E-state index in [1.807, 2.05) is 25.1 Å². The molecule has 1 saturated heterocycles. The van der Waals surface area contributed by atoms with Gasteiger partial charge in [0.2, 0.25) is 10.0 Å². The highest BCUT2D eigenvalue weighted by atomic mass is 32.2. The summed E-state index contributed by atoms with van der Waals surface area (Å²) in [5, 5.41) is 10.7. The maximum Gasteiger partial charge on any atom is 0.243 e. The van der Waals surface area contributed by atoms with E-state index in [4.69, 9.17) is 0 Å². The van der Waals surface area contributed by atoms with Gasteiger partial charge in [-0.1, -0.05) is 18.2 Å². The lowest BCUT2D eigenvalue weighted by molar-refractivity contribution is -0.0592. The van der Waals surface area contributed by atoms with Crippen molar-refractivity contribution in [3.8, 4) is 0 Å². The molecule has 0 atom stereocenters. The molecule has 1 N–H and O–H groups in total. The number of rotatable bonds is 4. The van der Waals surface area contributed by atoms with Crippen LogP contribution >= 0.6 is 0 Å². The predicted octanol–water partition coefficient (Wildman–Crippen LogP) is 2.32. The summed E-state index contributed by atoms with van der Waals surface area (Å²) < 4.78 is 27.2. The molecule has 1 saturated carbocycles. The van der Waals surface area contributed by atoms with Crippen LogP contribution < -0.4 is 0 Å². The van der Waals surface area contributed by atoms with E-state index in [0.29, 0.717) is 24.5 Å². The third-order valence-electron chi connectivity index (χ3n) is 6.02. The van der Waals surface area contributed by atoms with Crippen LogP contribution in [-0.2, 0) is 10.0 Å². The summed E-state index contributed by atoms with van der Waals surface area (Å²) in [5.41, 5.74) is -0.372. The largest absolute Gasteiger partial charge is 0.389 e. The van der Waals surface area contributed by atoms with Crippen molar-refractivity contribution in [1.82, 2.24) is 9.21 Å². The molecule has 0 amide bonds. The Morgan fingerprint density at radius 2 is 1.56 bits per heavy atom. The first-order valence-electron chi connectivity index (χ1n) is 9.17. The molecule has 140 valence electrons. The summed E-state index contributed by atoms with van der Waals surface area (Å²) in [6.07, 6.45) is 5.43. The highest BCUT2D eigenvalue weighted by Gasteiger charge is 2.44. The second-order valence-electron chi connectivity index (χ2n) is 8.18. The third-order valence-corrected chi connectivity index (χ3v) is 7.93. The van der Waals surface area contributed by atoms with Crippen molar-refractivity contribution in [3.05, 3.63) is 30.3 Å². The van der Waals surface area contributed by atoms with Gasteiger partial charge < -0.3 is 10.0 Å². The van der Waals surface area contributed by atoms with Gasteiger partial charge >= 0.3 is 0 Å². The van der Waals surface area contributed by atoms with E-state index in [2.05, 4.69) is 0 Å². The van der Waals surface area contributed by atoms with Crippen LogP contribution in [0.25, 0.3) is 0 Å². The standard InChI is InChI=1S/C19H30N2O3S/c1-20(2)16-19(22)10-8-18(9-11-19)12-14-21(15-13-18)25(23,24)17-6-4-3-5-7-17/h3-7,22H,8-16H2,1-2H3. The Morgan fingerprint density at radius 1 is 1.00 bits per heavy atom. The number of benzene rings is 1. The average molecular weight is 367 g/mol. The van der Waals surface area contributed by atoms with E-state index < -0.39 is 15.6 Å². The molecule has 3 rings (SSSR count). The first-order chi connectivity index (χ1) is 11.7. The van der Waals surface area contributed by atoms with Crippen LogP contribution in [0.3, 0.4) is 0 Å². The van der Waals surface area contributed by atoms with Crippen molar-refractivity contribution in [1.29, 1.82) is 0 Å². The highest BCUT2D eigenvalue weighted by Crippen LogP contribution is 2.48. The van der Waals surface area contributed by atoms with Gasteiger partial charge in [-0.15, -0.1) is 0 Å². The van der Waals surface area contributed by atoms with Gasteiger partial charge in [-0.25, -0.2) is 8.42 Å². The molecule has 1 aromatic carbocycles. The Balaban J connectivity index is 1.61. The minimum absolute atomic E-state index is 0.210. The molecular weight excluding hydrogens is 336 g/mol. The van der Waals surface area contributed by atoms with Crippen LogP contribution in [-0.4, -0.2) is 62.1 Å². The second kappa shape index (κ2) is 6.99. The van der Waals surface area contributed by atoms with Crippen molar-refractivity contribution < 1.29 is 13.5 Å². The first kappa shape index (κ1) is 18.8. The molecule has 25 heavy (non-hydrogen) atoms. The molecule has 0 radical (unpaired) electrons. The molecule has 1 heterocycles. The molecule has 5 nitrogen and oxygen atoms in total. The fourth-order valence-corrected chi connectivity index (χ4v) is 5.90. The molecule has 2 aliphatic rings. The molecule has 6 heteroatoms. The lowest BCUT2D eigenvalue weighted by Crippen LogP contribution is -2.49. The van der Waals surface area contributed by atoms with Gasteiger partial charge in [0.15, 0.2) is 0 Å². The highest BCUT2D eigenvalue weighted by molar-refractivity contribution is 7.89. The lowest BCUT2D eigenvalue weighted by atomic mass is 9.64. The number of nitrogens with zero attached hydrogens (tertiary/aromatic N) is 2. The van der Waals surface area contributed by atoms with Gasteiger partial charge in [0.1, 0.15) is 0 Å². The normalized spacial score (nSPS) is 23.8. The topological polar surface area (TPSA) is 60.9 Å². The summed E-state index contributed by atoms with van der Waals surface area (Å²) in [5.74, 6) is 0. The molecule has 1 aromatic rings. The minimum Gasteiger partial charge on any atom is -0.389 e. The van der Waals surface area contributed by atoms with Crippen LogP contribution in [0.5, 0.6) is 0 Å². The number of sulfonamides is 1. The zero-order chi connectivity index (χ0) is 18.1. The number of hydrogen-bond acceptors (Lipinski definition) is 4. The Kier molecular flexibility index (Phi) is 5.26. The number of hydrogen-bond donors (Lipinski definition) is 1. The van der Waals surface area contributed by atoms with Gasteiger partial charge in [-0.05, 0) is 70.2 Å². The quantitative estimate of drug-likeness (QED) is 0.888. The maximum absolute atomic E-state index is 12.8. The van der Waals surface area contributed by atoms with E-state index in [1.165, 1.54) is 0 Å². The molecule has 0 bridgehead atoms. The van der Waals surface area contributed by atoms with Crippen molar-refractivity contribution in [3.63, 3.8) is 0 Å². The maximum atomic E-state index is 12.8. The fourth-order valence-electron chi connectivity index (χ4n) is 4.43. The van der Waals surface area contributed by atoms with Crippen molar-refractivity contribution in [2.24, 2.45) is 5.41 Å². The molecule has 2 fully saturated rings. The van der Waals surface area contributed by atoms with Crippen LogP contribution in [0.2, 0.25) is 0 Å². The second-order valence-corrected chi connectivity index (χ2v) is 10.1. The van der Waals surface area contributed by atoms with E-state index in [-0.39, 0.29) is 5.41 Å². The van der Waals surface area contributed by atoms with Crippen molar-refractivity contribution in [2.75, 3.05) is 33.7 Å². The summed E-state index contributed by atoms with van der Waals surface area (Å²) in [7, 11) is 0.612. The Bertz CT molecular complexity index is 670.